The summed E-state index contributed by atoms with van der Waals surface area (Å²) in [5.41, 5.74) is 2.37. The van der Waals surface area contributed by atoms with E-state index in [1.807, 2.05) is 12.1 Å². The molecule has 0 radical (unpaired) electrons. The number of hydrogen-bond donors (Lipinski definition) is 1. The van der Waals surface area contributed by atoms with Gasteiger partial charge in [-0.25, -0.2) is 4.39 Å². The molecule has 11 nitrogen and oxygen atoms in total. The Morgan fingerprint density at radius 1 is 0.828 bits per heavy atom. The first kappa shape index (κ1) is 39.5. The van der Waals surface area contributed by atoms with E-state index in [-0.39, 0.29) is 29.8 Å². The average Bonchev–Trinajstić information content (AvgIpc) is 3.56. The van der Waals surface area contributed by atoms with Crippen LogP contribution in [0.4, 0.5) is 34.6 Å². The Morgan fingerprint density at radius 3 is 2.14 bits per heavy atom. The number of methoxy groups -OCH3 is 1. The van der Waals surface area contributed by atoms with Crippen molar-refractivity contribution in [2.24, 2.45) is 5.92 Å². The van der Waals surface area contributed by atoms with Crippen molar-refractivity contribution in [3.05, 3.63) is 82.2 Å². The van der Waals surface area contributed by atoms with Gasteiger partial charge >= 0.3 is 6.18 Å². The summed E-state index contributed by atoms with van der Waals surface area (Å²) in [4.78, 5) is 48.2. The molecule has 5 aliphatic heterocycles. The van der Waals surface area contributed by atoms with Crippen LogP contribution in [0.1, 0.15) is 77.1 Å². The van der Waals surface area contributed by atoms with Gasteiger partial charge in [0.05, 0.1) is 30.0 Å². The van der Waals surface area contributed by atoms with Crippen molar-refractivity contribution in [3.8, 4) is 11.8 Å². The van der Waals surface area contributed by atoms with Crippen molar-refractivity contribution < 1.29 is 36.7 Å². The molecular formula is C43H47F4N7O4. The van der Waals surface area contributed by atoms with E-state index in [1.165, 1.54) is 23.4 Å². The molecular weight excluding hydrogens is 755 g/mol. The van der Waals surface area contributed by atoms with Crippen LogP contribution in [0.25, 0.3) is 0 Å². The number of benzene rings is 3. The quantitative estimate of drug-likeness (QED) is 0.220. The number of piperidine rings is 3. The molecule has 3 amide bonds. The molecule has 3 aromatic carbocycles. The highest BCUT2D eigenvalue weighted by molar-refractivity contribution is 6.06. The van der Waals surface area contributed by atoms with Crippen LogP contribution in [0.5, 0.6) is 5.75 Å². The zero-order chi connectivity index (χ0) is 40.7. The Labute approximate surface area is 335 Å². The Bertz CT molecular complexity index is 2100. The Morgan fingerprint density at radius 2 is 1.50 bits per heavy atom. The lowest BCUT2D eigenvalue weighted by Gasteiger charge is -2.40. The van der Waals surface area contributed by atoms with Crippen molar-refractivity contribution in [2.45, 2.75) is 63.2 Å². The van der Waals surface area contributed by atoms with Gasteiger partial charge in [0.25, 0.3) is 5.91 Å². The number of halogens is 4. The summed E-state index contributed by atoms with van der Waals surface area (Å²) in [5, 5.41) is 11.5. The van der Waals surface area contributed by atoms with Crippen LogP contribution < -0.4 is 24.8 Å². The van der Waals surface area contributed by atoms with Crippen LogP contribution in [0.15, 0.2) is 48.5 Å². The normalized spacial score (nSPS) is 21.3. The number of nitriles is 1. The molecule has 5 heterocycles. The summed E-state index contributed by atoms with van der Waals surface area (Å²) < 4.78 is 61.4. The minimum absolute atomic E-state index is 0.107. The highest BCUT2D eigenvalue weighted by Gasteiger charge is 2.42. The number of nitrogens with one attached hydrogen (secondary N) is 1. The second-order valence-corrected chi connectivity index (χ2v) is 16.1. The van der Waals surface area contributed by atoms with E-state index >= 15 is 4.39 Å². The number of amides is 3. The first-order chi connectivity index (χ1) is 27.9. The standard InChI is InChI=1S/C43H47F4N7O4/c1-58-36-23-33(22-31-26-54(42(57)38(31)36)35-8-9-37(55)49-41(35)56)52-20-18-50(19-21-52)25-27-10-14-51(15-11-27)32-5-2-28(3-6-32)29-12-16-53(17-13-29)34-7-4-30(24-48)39(40(34)44)43(45,46)47/h2-7,22-23,27,29,35H,8-21,25-26H2,1H3,(H,49,55,56). The lowest BCUT2D eigenvalue weighted by Crippen LogP contribution is -2.52. The van der Waals surface area contributed by atoms with E-state index < -0.39 is 35.1 Å². The van der Waals surface area contributed by atoms with Crippen molar-refractivity contribution in [1.82, 2.24) is 15.1 Å². The maximum Gasteiger partial charge on any atom is 0.420 e. The molecule has 58 heavy (non-hydrogen) atoms. The summed E-state index contributed by atoms with van der Waals surface area (Å²) in [6.45, 7) is 7.70. The zero-order valence-electron chi connectivity index (χ0n) is 32.5. The molecule has 4 fully saturated rings. The SMILES string of the molecule is COc1cc(N2CCN(CC3CCN(c4ccc(C5CCN(c6ccc(C#N)c(C(F)(F)F)c6F)CC5)cc4)CC3)CC2)cc2c1C(=O)N(C1CCC(=O)NC1=O)C2. The fraction of sp³-hybridized carbons (Fsp3) is 0.488. The van der Waals surface area contributed by atoms with Crippen molar-refractivity contribution in [1.29, 1.82) is 5.26 Å². The molecule has 4 saturated heterocycles. The van der Waals surface area contributed by atoms with Crippen LogP contribution in [-0.2, 0) is 22.3 Å². The molecule has 0 bridgehead atoms. The van der Waals surface area contributed by atoms with Crippen LogP contribution in [0, 0.1) is 23.1 Å². The molecule has 5 aliphatic rings. The first-order valence-electron chi connectivity index (χ1n) is 20.1. The number of rotatable bonds is 8. The minimum Gasteiger partial charge on any atom is -0.496 e. The Hall–Kier alpha value is -5.36. The maximum absolute atomic E-state index is 15.0. The maximum atomic E-state index is 15.0. The van der Waals surface area contributed by atoms with Crippen LogP contribution in [-0.4, -0.2) is 99.6 Å². The molecule has 1 unspecified atom stereocenters. The number of nitrogens with zero attached hydrogens (tertiary/aromatic N) is 6. The van der Waals surface area contributed by atoms with Gasteiger partial charge in [-0.1, -0.05) is 12.1 Å². The number of alkyl halides is 3. The average molecular weight is 802 g/mol. The van der Waals surface area contributed by atoms with Gasteiger partial charge in [0.1, 0.15) is 17.4 Å². The van der Waals surface area contributed by atoms with E-state index in [0.717, 1.165) is 76.0 Å². The minimum atomic E-state index is -4.95. The number of carbonyl (C=O) groups is 3. The Kier molecular flexibility index (Phi) is 11.0. The monoisotopic (exact) mass is 801 g/mol. The number of hydrogen-bond acceptors (Lipinski definition) is 9. The predicted molar refractivity (Wildman–Crippen MR) is 209 cm³/mol. The number of ether oxygens (including phenoxy) is 1. The smallest absolute Gasteiger partial charge is 0.420 e. The van der Waals surface area contributed by atoms with Crippen molar-refractivity contribution in [3.63, 3.8) is 0 Å². The molecule has 1 N–H and O–H groups in total. The third kappa shape index (κ3) is 7.78. The third-order valence-corrected chi connectivity index (χ3v) is 12.7. The van der Waals surface area contributed by atoms with Crippen molar-refractivity contribution >= 4 is 34.8 Å². The number of carbonyl (C=O) groups excluding carboxylic acids is 3. The second kappa shape index (κ2) is 16.1. The van der Waals surface area contributed by atoms with Gasteiger partial charge < -0.3 is 24.3 Å². The van der Waals surface area contributed by atoms with Gasteiger partial charge in [-0.05, 0) is 85.4 Å². The summed E-state index contributed by atoms with van der Waals surface area (Å²) in [5.74, 6) is -1.03. The van der Waals surface area contributed by atoms with Gasteiger partial charge in [-0.2, -0.15) is 18.4 Å². The Balaban J connectivity index is 0.797. The fourth-order valence-electron chi connectivity index (χ4n) is 9.52. The van der Waals surface area contributed by atoms with Gasteiger partial charge in [-0.3, -0.25) is 24.6 Å². The van der Waals surface area contributed by atoms with Gasteiger partial charge in [0.2, 0.25) is 11.8 Å². The van der Waals surface area contributed by atoms with Crippen LogP contribution in [0.3, 0.4) is 0 Å². The lowest BCUT2D eigenvalue weighted by atomic mass is 9.88. The summed E-state index contributed by atoms with van der Waals surface area (Å²) in [6, 6.07) is 15.7. The number of imide groups is 1. The fourth-order valence-corrected chi connectivity index (χ4v) is 9.52. The highest BCUT2D eigenvalue weighted by Crippen LogP contribution is 2.41. The predicted octanol–water partition coefficient (Wildman–Crippen LogP) is 5.91. The largest absolute Gasteiger partial charge is 0.496 e. The zero-order valence-corrected chi connectivity index (χ0v) is 32.5. The first-order valence-corrected chi connectivity index (χ1v) is 20.1. The van der Waals surface area contributed by atoms with Gasteiger partial charge in [0.15, 0.2) is 5.82 Å². The molecule has 0 aromatic heterocycles. The third-order valence-electron chi connectivity index (χ3n) is 12.7. The lowest BCUT2D eigenvalue weighted by molar-refractivity contribution is -0.140. The topological polar surface area (TPSA) is 112 Å². The van der Waals surface area contributed by atoms with E-state index in [4.69, 9.17) is 10.00 Å². The van der Waals surface area contributed by atoms with Gasteiger partial charge in [-0.15, -0.1) is 0 Å². The molecule has 0 saturated carbocycles. The molecule has 3 aromatic rings. The molecule has 0 aliphatic carbocycles. The molecule has 8 rings (SSSR count). The summed E-state index contributed by atoms with van der Waals surface area (Å²) >= 11 is 0. The van der Waals surface area contributed by atoms with Gasteiger partial charge in [0, 0.05) is 89.3 Å². The molecule has 306 valence electrons. The second-order valence-electron chi connectivity index (χ2n) is 16.1. The van der Waals surface area contributed by atoms with Crippen molar-refractivity contribution in [2.75, 3.05) is 80.7 Å². The number of fused-ring (bicyclic) bond motifs is 1. The summed E-state index contributed by atoms with van der Waals surface area (Å²) in [6.07, 6.45) is -0.850. The molecule has 1 atom stereocenters. The number of piperazine rings is 1. The van der Waals surface area contributed by atoms with Crippen LogP contribution in [0.2, 0.25) is 0 Å². The number of anilines is 3. The van der Waals surface area contributed by atoms with E-state index in [9.17, 15) is 27.6 Å². The van der Waals surface area contributed by atoms with E-state index in [0.29, 0.717) is 56.1 Å². The van der Waals surface area contributed by atoms with E-state index in [1.54, 1.807) is 16.9 Å². The summed E-state index contributed by atoms with van der Waals surface area (Å²) in [7, 11) is 1.56. The van der Waals surface area contributed by atoms with E-state index in [2.05, 4.69) is 44.3 Å². The van der Waals surface area contributed by atoms with Crippen LogP contribution >= 0.6 is 0 Å². The highest BCUT2D eigenvalue weighted by atomic mass is 19.4. The molecule has 0 spiro atoms. The molecule has 15 heteroatoms.